The first-order chi connectivity index (χ1) is 11.1. The van der Waals surface area contributed by atoms with Crippen molar-refractivity contribution in [1.29, 1.82) is 0 Å². The smallest absolute Gasteiger partial charge is 0.336 e. The summed E-state index contributed by atoms with van der Waals surface area (Å²) in [4.78, 5) is 24.4. The third-order valence-corrected chi connectivity index (χ3v) is 4.30. The highest BCUT2D eigenvalue weighted by Crippen LogP contribution is 2.38. The molecule has 124 valence electrons. The SMILES string of the molecule is COc1ccccc1C1CC(=O)NC(C)=C1C(=O)OCCSC. The number of carbonyl (C=O) groups is 2. The van der Waals surface area contributed by atoms with E-state index in [0.29, 0.717) is 23.6 Å². The third-order valence-electron chi connectivity index (χ3n) is 3.72. The molecule has 0 radical (unpaired) electrons. The van der Waals surface area contributed by atoms with Crippen molar-refractivity contribution < 1.29 is 19.1 Å². The van der Waals surface area contributed by atoms with Gasteiger partial charge in [0.05, 0.1) is 12.7 Å². The predicted octanol–water partition coefficient (Wildman–Crippen LogP) is 2.48. The third kappa shape index (κ3) is 4.07. The molecule has 0 fully saturated rings. The lowest BCUT2D eigenvalue weighted by atomic mass is 9.84. The Morgan fingerprint density at radius 1 is 1.39 bits per heavy atom. The molecule has 5 nitrogen and oxygen atoms in total. The first-order valence-electron chi connectivity index (χ1n) is 7.38. The Morgan fingerprint density at radius 3 is 2.83 bits per heavy atom. The number of benzene rings is 1. The molecule has 0 bridgehead atoms. The summed E-state index contributed by atoms with van der Waals surface area (Å²) in [5, 5.41) is 2.73. The highest BCUT2D eigenvalue weighted by molar-refractivity contribution is 7.98. The van der Waals surface area contributed by atoms with Crippen LogP contribution in [0.3, 0.4) is 0 Å². The molecular formula is C17H21NO4S. The van der Waals surface area contributed by atoms with Crippen LogP contribution in [0.4, 0.5) is 0 Å². The van der Waals surface area contributed by atoms with Gasteiger partial charge in [0.1, 0.15) is 12.4 Å². The largest absolute Gasteiger partial charge is 0.496 e. The Kier molecular flexibility index (Phi) is 6.10. The van der Waals surface area contributed by atoms with Crippen molar-refractivity contribution in [2.45, 2.75) is 19.3 Å². The maximum Gasteiger partial charge on any atom is 0.336 e. The number of allylic oxidation sites excluding steroid dienone is 1. The Labute approximate surface area is 140 Å². The second kappa shape index (κ2) is 8.06. The summed E-state index contributed by atoms with van der Waals surface area (Å²) >= 11 is 1.61. The summed E-state index contributed by atoms with van der Waals surface area (Å²) in [5.74, 6) is 0.548. The van der Waals surface area contributed by atoms with Gasteiger partial charge >= 0.3 is 5.97 Å². The Morgan fingerprint density at radius 2 is 2.13 bits per heavy atom. The molecular weight excluding hydrogens is 314 g/mol. The number of esters is 1. The van der Waals surface area contributed by atoms with Gasteiger partial charge in [-0.2, -0.15) is 11.8 Å². The monoisotopic (exact) mass is 335 g/mol. The molecule has 0 spiro atoms. The van der Waals surface area contributed by atoms with Crippen LogP contribution in [0.25, 0.3) is 0 Å². The van der Waals surface area contributed by atoms with Crippen molar-refractivity contribution in [2.75, 3.05) is 25.7 Å². The standard InChI is InChI=1S/C17H21NO4S/c1-11-16(17(20)22-8-9-23-3)13(10-15(19)18-11)12-6-4-5-7-14(12)21-2/h4-7,13H,8-10H2,1-3H3,(H,18,19). The van der Waals surface area contributed by atoms with Crippen LogP contribution in [-0.2, 0) is 14.3 Å². The van der Waals surface area contributed by atoms with Gasteiger partial charge in [-0.3, -0.25) is 4.79 Å². The Hall–Kier alpha value is -1.95. The number of thioether (sulfide) groups is 1. The second-order valence-corrected chi connectivity index (χ2v) is 6.20. The summed E-state index contributed by atoms with van der Waals surface area (Å²) in [6, 6.07) is 7.44. The molecule has 1 aliphatic rings. The predicted molar refractivity (Wildman–Crippen MR) is 90.5 cm³/mol. The second-order valence-electron chi connectivity index (χ2n) is 5.21. The topological polar surface area (TPSA) is 64.6 Å². The van der Waals surface area contributed by atoms with Crippen LogP contribution < -0.4 is 10.1 Å². The lowest BCUT2D eigenvalue weighted by Gasteiger charge is -2.27. The highest BCUT2D eigenvalue weighted by atomic mass is 32.2. The maximum atomic E-state index is 12.5. The van der Waals surface area contributed by atoms with E-state index in [1.54, 1.807) is 25.8 Å². The molecule has 1 aromatic carbocycles. The zero-order valence-electron chi connectivity index (χ0n) is 13.5. The number of para-hydroxylation sites is 1. The van der Waals surface area contributed by atoms with Crippen molar-refractivity contribution in [3.63, 3.8) is 0 Å². The van der Waals surface area contributed by atoms with Gasteiger partial charge < -0.3 is 14.8 Å². The number of amides is 1. The van der Waals surface area contributed by atoms with Crippen LogP contribution in [0.2, 0.25) is 0 Å². The zero-order valence-corrected chi connectivity index (χ0v) is 14.4. The van der Waals surface area contributed by atoms with E-state index >= 15 is 0 Å². The van der Waals surface area contributed by atoms with Gasteiger partial charge in [0, 0.05) is 29.4 Å². The molecule has 1 unspecified atom stereocenters. The zero-order chi connectivity index (χ0) is 16.8. The number of hydrogen-bond donors (Lipinski definition) is 1. The minimum atomic E-state index is -0.382. The molecule has 1 N–H and O–H groups in total. The average molecular weight is 335 g/mol. The fourth-order valence-corrected chi connectivity index (χ4v) is 2.94. The van der Waals surface area contributed by atoms with E-state index in [4.69, 9.17) is 9.47 Å². The number of methoxy groups -OCH3 is 1. The molecule has 1 atom stereocenters. The summed E-state index contributed by atoms with van der Waals surface area (Å²) in [5.41, 5.74) is 1.86. The number of rotatable bonds is 6. The fraction of sp³-hybridized carbons (Fsp3) is 0.412. The van der Waals surface area contributed by atoms with Crippen LogP contribution in [0.5, 0.6) is 5.75 Å². The van der Waals surface area contributed by atoms with Crippen LogP contribution in [0.15, 0.2) is 35.5 Å². The minimum absolute atomic E-state index is 0.112. The first kappa shape index (κ1) is 17.4. The molecule has 0 aliphatic carbocycles. The van der Waals surface area contributed by atoms with Crippen LogP contribution >= 0.6 is 11.8 Å². The van der Waals surface area contributed by atoms with Crippen molar-refractivity contribution in [3.8, 4) is 5.75 Å². The summed E-state index contributed by atoms with van der Waals surface area (Å²) in [7, 11) is 1.58. The van der Waals surface area contributed by atoms with Gasteiger partial charge in [-0.1, -0.05) is 18.2 Å². The van der Waals surface area contributed by atoms with E-state index in [-0.39, 0.29) is 24.2 Å². The summed E-state index contributed by atoms with van der Waals surface area (Å²) < 4.78 is 10.7. The van der Waals surface area contributed by atoms with E-state index < -0.39 is 0 Å². The maximum absolute atomic E-state index is 12.5. The minimum Gasteiger partial charge on any atom is -0.496 e. The van der Waals surface area contributed by atoms with Crippen molar-refractivity contribution in [1.82, 2.24) is 5.32 Å². The van der Waals surface area contributed by atoms with Crippen LogP contribution in [0.1, 0.15) is 24.8 Å². The van der Waals surface area contributed by atoms with Gasteiger partial charge in [-0.15, -0.1) is 0 Å². The number of hydrogen-bond acceptors (Lipinski definition) is 5. The molecule has 2 rings (SSSR count). The highest BCUT2D eigenvalue weighted by Gasteiger charge is 2.34. The summed E-state index contributed by atoms with van der Waals surface area (Å²) in [6.07, 6.45) is 2.15. The quantitative estimate of drug-likeness (QED) is 0.639. The summed E-state index contributed by atoms with van der Waals surface area (Å²) in [6.45, 7) is 2.08. The number of carbonyl (C=O) groups excluding carboxylic acids is 2. The van der Waals surface area contributed by atoms with Gasteiger partial charge in [0.15, 0.2) is 0 Å². The fourth-order valence-electron chi connectivity index (χ4n) is 2.69. The molecule has 6 heteroatoms. The van der Waals surface area contributed by atoms with Crippen molar-refractivity contribution >= 4 is 23.6 Å². The van der Waals surface area contributed by atoms with Gasteiger partial charge in [0.2, 0.25) is 5.91 Å². The first-order valence-corrected chi connectivity index (χ1v) is 8.77. The van der Waals surface area contributed by atoms with E-state index in [9.17, 15) is 9.59 Å². The Bertz CT molecular complexity index is 627. The molecule has 1 aliphatic heterocycles. The number of ether oxygens (including phenoxy) is 2. The lowest BCUT2D eigenvalue weighted by Crippen LogP contribution is -2.34. The normalized spacial score (nSPS) is 17.7. The Balaban J connectivity index is 2.36. The molecule has 0 saturated carbocycles. The molecule has 1 heterocycles. The molecule has 1 amide bonds. The average Bonchev–Trinajstić information content (AvgIpc) is 2.54. The van der Waals surface area contributed by atoms with Gasteiger partial charge in [-0.05, 0) is 19.2 Å². The molecule has 1 aromatic rings. The van der Waals surface area contributed by atoms with Crippen LogP contribution in [-0.4, -0.2) is 37.6 Å². The van der Waals surface area contributed by atoms with Crippen LogP contribution in [0, 0.1) is 0 Å². The molecule has 0 saturated heterocycles. The number of nitrogens with one attached hydrogen (secondary N) is 1. The van der Waals surface area contributed by atoms with Crippen molar-refractivity contribution in [2.24, 2.45) is 0 Å². The van der Waals surface area contributed by atoms with Gasteiger partial charge in [-0.25, -0.2) is 4.79 Å². The lowest BCUT2D eigenvalue weighted by molar-refractivity contribution is -0.139. The van der Waals surface area contributed by atoms with E-state index in [1.165, 1.54) is 0 Å². The van der Waals surface area contributed by atoms with Gasteiger partial charge in [0.25, 0.3) is 0 Å². The van der Waals surface area contributed by atoms with E-state index in [0.717, 1.165) is 11.3 Å². The van der Waals surface area contributed by atoms with E-state index in [2.05, 4.69) is 5.32 Å². The molecule has 23 heavy (non-hydrogen) atoms. The van der Waals surface area contributed by atoms with E-state index in [1.807, 2.05) is 30.5 Å². The van der Waals surface area contributed by atoms with Crippen molar-refractivity contribution in [3.05, 3.63) is 41.1 Å². The molecule has 0 aromatic heterocycles.